The third-order valence-corrected chi connectivity index (χ3v) is 26.7. The zero-order valence-electron chi connectivity index (χ0n) is 75.7. The zero-order valence-corrected chi connectivity index (χ0v) is 75.7. The molecule has 39 nitrogen and oxygen atoms in total. The van der Waals surface area contributed by atoms with Gasteiger partial charge in [0.1, 0.15) is 5.69 Å². The van der Waals surface area contributed by atoms with Gasteiger partial charge in [0.15, 0.2) is 46.0 Å². The Labute approximate surface area is 785 Å². The number of benzene rings is 1. The first-order chi connectivity index (χ1) is 65.4. The van der Waals surface area contributed by atoms with Crippen molar-refractivity contribution in [3.05, 3.63) is 211 Å². The van der Waals surface area contributed by atoms with Crippen LogP contribution in [0.3, 0.4) is 0 Å². The van der Waals surface area contributed by atoms with Gasteiger partial charge in [0.25, 0.3) is 59.1 Å². The van der Waals surface area contributed by atoms with E-state index in [1.54, 1.807) is 127 Å². The molecule has 2 saturated carbocycles. The second-order valence-corrected chi connectivity index (χ2v) is 36.2. The molecule has 23 rings (SSSR count). The van der Waals surface area contributed by atoms with Gasteiger partial charge in [0.05, 0.1) is 22.8 Å². The van der Waals surface area contributed by atoms with Crippen LogP contribution >= 0.6 is 0 Å². The van der Waals surface area contributed by atoms with Crippen molar-refractivity contribution in [2.45, 2.75) is 155 Å². The minimum absolute atomic E-state index is 0.127. The SMILES string of the molecule is CN1CC[C@@](O)(C#Cc2cccc(-n3nc(C(N)=O)c4c3CCCC4)c2)C1=O.CN1CC[C@@](O)(C#Cc2ccnc(-n3ccc(C(N)=O)n3)c2)C1=O.CN1CC[C@@](O)(C#Cc2ccnc(-n3nc(C(N)=O)c4c3C3CC(C4)C3)c2)C1=O.CN1CC[C@@](O)(C#Cc2ccnc(-n3nc(C(N)=O)c4c3CC3CC4C3)c2)C1=O.CN1CC[C@@](O)(C#Cc2ccnc(-n3nc(C(N)=O)c4c3CCC4)c2)C1=O. The smallest absolute Gasteiger partial charge is 0.269 e. The molecule has 137 heavy (non-hydrogen) atoms. The molecular weight excluding hydrogens is 1750 g/mol. The fourth-order valence-electron chi connectivity index (χ4n) is 19.1. The van der Waals surface area contributed by atoms with Gasteiger partial charge in [-0.15, -0.1) is 0 Å². The van der Waals surface area contributed by atoms with E-state index >= 15 is 0 Å². The van der Waals surface area contributed by atoms with Crippen molar-refractivity contribution >= 4 is 59.1 Å². The van der Waals surface area contributed by atoms with Gasteiger partial charge in [-0.05, 0) is 174 Å². The van der Waals surface area contributed by atoms with E-state index in [-0.39, 0.29) is 60.7 Å². The molecule has 5 atom stereocenters. The van der Waals surface area contributed by atoms with Gasteiger partial charge in [-0.1, -0.05) is 65.3 Å². The van der Waals surface area contributed by atoms with Crippen molar-refractivity contribution in [1.29, 1.82) is 0 Å². The number of fused-ring (bicyclic) bond motifs is 2. The van der Waals surface area contributed by atoms with E-state index in [9.17, 15) is 73.5 Å². The van der Waals surface area contributed by atoms with Gasteiger partial charge in [0, 0.05) is 193 Å². The van der Waals surface area contributed by atoms with Crippen molar-refractivity contribution in [1.82, 2.24) is 93.3 Å². The summed E-state index contributed by atoms with van der Waals surface area (Å²) in [6.45, 7) is 2.38. The first-order valence-electron chi connectivity index (χ1n) is 44.9. The Bertz CT molecular complexity index is 7050. The number of aliphatic hydroxyl groups is 5. The summed E-state index contributed by atoms with van der Waals surface area (Å²) >= 11 is 0. The maximum atomic E-state index is 12.1. The molecule has 0 spiro atoms. The normalized spacial score (nSPS) is 23.5. The monoisotopic (exact) mass is 1850 g/mol. The second-order valence-electron chi connectivity index (χ2n) is 36.2. The fraction of sp³-hybridized carbons (Fsp3) is 0.378. The lowest BCUT2D eigenvalue weighted by atomic mass is 9.64. The summed E-state index contributed by atoms with van der Waals surface area (Å²) in [7, 11) is 8.21. The summed E-state index contributed by atoms with van der Waals surface area (Å²) in [6.07, 6.45) is 21.5. The lowest BCUT2D eigenvalue weighted by Gasteiger charge is -2.41. The third kappa shape index (κ3) is 18.4. The maximum absolute atomic E-state index is 12.1. The quantitative estimate of drug-likeness (QED) is 0.0839. The molecule has 1 aromatic carbocycles. The molecule has 13 aliphatic rings. The summed E-state index contributed by atoms with van der Waals surface area (Å²) in [5.41, 5.74) is 31.9. The van der Waals surface area contributed by atoms with Crippen LogP contribution in [0.4, 0.5) is 0 Å². The van der Waals surface area contributed by atoms with Crippen LogP contribution in [0, 0.1) is 71.0 Å². The highest BCUT2D eigenvalue weighted by molar-refractivity contribution is 5.97. The highest BCUT2D eigenvalue weighted by atomic mass is 16.3. The number of nitrogens with zero attached hydrogens (tertiary/aromatic N) is 19. The Morgan fingerprint density at radius 1 is 0.365 bits per heavy atom. The number of hydrogen-bond acceptors (Lipinski definition) is 24. The molecule has 8 aliphatic carbocycles. The van der Waals surface area contributed by atoms with Gasteiger partial charge in [0.2, 0.25) is 28.0 Å². The molecule has 15 N–H and O–H groups in total. The van der Waals surface area contributed by atoms with Gasteiger partial charge < -0.3 is 78.7 Å². The summed E-state index contributed by atoms with van der Waals surface area (Å²) in [4.78, 5) is 143. The van der Waals surface area contributed by atoms with E-state index in [2.05, 4.69) is 105 Å². The van der Waals surface area contributed by atoms with Gasteiger partial charge in [-0.3, -0.25) is 47.9 Å². The lowest BCUT2D eigenvalue weighted by Crippen LogP contribution is -2.37. The van der Waals surface area contributed by atoms with E-state index in [0.717, 1.165) is 134 Å². The number of rotatable bonds is 10. The molecule has 4 bridgehead atoms. The predicted molar refractivity (Wildman–Crippen MR) is 489 cm³/mol. The molecule has 10 amide bonds. The van der Waals surface area contributed by atoms with Crippen molar-refractivity contribution < 1.29 is 73.5 Å². The minimum atomic E-state index is -1.65. The van der Waals surface area contributed by atoms with Crippen LogP contribution in [-0.4, -0.2) is 274 Å². The number of aromatic nitrogens is 14. The fourth-order valence-corrected chi connectivity index (χ4v) is 19.1. The number of primary amides is 5. The van der Waals surface area contributed by atoms with Crippen LogP contribution in [0.25, 0.3) is 29.0 Å². The van der Waals surface area contributed by atoms with Crippen LogP contribution in [0.5, 0.6) is 0 Å². The molecule has 7 fully saturated rings. The second kappa shape index (κ2) is 36.9. The van der Waals surface area contributed by atoms with Gasteiger partial charge in [-0.2, -0.15) is 25.5 Å². The number of pyridine rings is 4. The molecule has 10 aromatic rings. The van der Waals surface area contributed by atoms with Crippen molar-refractivity contribution in [2.24, 2.45) is 40.5 Å². The van der Waals surface area contributed by atoms with Gasteiger partial charge >= 0.3 is 0 Å². The number of carbonyl (C=O) groups is 10. The molecule has 0 unspecified atom stereocenters. The predicted octanol–water partition coefficient (Wildman–Crippen LogP) is 0.626. The third-order valence-electron chi connectivity index (χ3n) is 26.7. The molecule has 39 heteroatoms. The Hall–Kier alpha value is -15.8. The van der Waals surface area contributed by atoms with Crippen LogP contribution in [0.1, 0.15) is 214 Å². The van der Waals surface area contributed by atoms with Crippen LogP contribution < -0.4 is 28.7 Å². The van der Waals surface area contributed by atoms with Crippen molar-refractivity contribution in [3.8, 4) is 88.2 Å². The average Bonchev–Trinajstić information content (AvgIpc) is 1.59. The Morgan fingerprint density at radius 3 is 1.14 bits per heavy atom. The summed E-state index contributed by atoms with van der Waals surface area (Å²) in [6, 6.07) is 22.5. The first-order valence-corrected chi connectivity index (χ1v) is 44.9. The standard InChI is InChI=1S/2C21H21N5O3.C21H22N4O3.C19H19N5O3.C16H15N5O3/c1-25-7-5-21(29,20(25)28)4-2-12-3-6-23-16(11-12)26-18-14-8-13(9-14)10-15(18)17(24-26)19(22)27;1-25-7-5-21(29,20(25)28)4-2-12-3-6-23-16(11-12)26-15-10-13-8-14(9-13)17(15)18(24-26)19(22)27;1-24-12-11-21(28,20(24)27)10-9-14-5-4-6-15(13-14)25-17-8-3-2-7-16(17)18(23-25)19(22)26;1-23-10-8-19(27,18(23)26)7-5-12-6-9-21-15(11-12)24-14-4-2-3-13(14)16(22-24)17(20)25;1-20-9-6-16(24,15(20)23)5-2-11-3-7-18-13(10-11)21-8-4-12(19-21)14(17)22/h2*3,6,11,13-14,29H,5,7-10H2,1H3,(H2,22,27);4-6,13,28H,2-3,7-8,11-12H2,1H3,(H2,22,26);6,9,11,27H,2-4,8,10H2,1H3,(H2,20,25);3-4,7-8,10,24H,6,9H2,1H3,(H2,17,22)/t2*13?,14?,21-;21-;19-;16-/m00000/s1. The molecule has 5 aliphatic heterocycles. The largest absolute Gasteiger partial charge is 0.369 e. The molecule has 0 radical (unpaired) electrons. The Balaban J connectivity index is 0.000000119. The first kappa shape index (κ1) is 93.0. The molecule has 14 heterocycles. The summed E-state index contributed by atoms with van der Waals surface area (Å²) in [5.74, 6) is 27.2. The Kier molecular flexibility index (Phi) is 25.0. The maximum Gasteiger partial charge on any atom is 0.269 e. The topological polar surface area (TPSA) is 559 Å². The average molecular weight is 1850 g/mol. The number of hydrogen-bond donors (Lipinski definition) is 10. The van der Waals surface area contributed by atoms with E-state index in [0.29, 0.717) is 131 Å². The van der Waals surface area contributed by atoms with Gasteiger partial charge in [-0.25, -0.2) is 43.3 Å². The highest BCUT2D eigenvalue weighted by Gasteiger charge is 2.49. The van der Waals surface area contributed by atoms with Crippen LogP contribution in [0.2, 0.25) is 0 Å². The summed E-state index contributed by atoms with van der Waals surface area (Å²) < 4.78 is 8.21. The lowest BCUT2D eigenvalue weighted by molar-refractivity contribution is -0.138. The van der Waals surface area contributed by atoms with Crippen molar-refractivity contribution in [2.75, 3.05) is 68.0 Å². The minimum Gasteiger partial charge on any atom is -0.369 e. The van der Waals surface area contributed by atoms with E-state index < -0.39 is 63.4 Å². The zero-order chi connectivity index (χ0) is 97.1. The number of amides is 10. The van der Waals surface area contributed by atoms with E-state index in [4.69, 9.17) is 28.7 Å². The van der Waals surface area contributed by atoms with Crippen molar-refractivity contribution in [3.63, 3.8) is 0 Å². The van der Waals surface area contributed by atoms with Crippen LogP contribution in [-0.2, 0) is 62.5 Å². The number of likely N-dealkylation sites (N-methyl/N-ethyl adjacent to an activating group) is 5. The molecule has 9 aromatic heterocycles. The highest BCUT2D eigenvalue weighted by Crippen LogP contribution is 2.52. The molecule has 700 valence electrons. The van der Waals surface area contributed by atoms with Crippen LogP contribution in [0.15, 0.2) is 110 Å². The molecule has 5 saturated heterocycles. The van der Waals surface area contributed by atoms with E-state index in [1.807, 2.05) is 24.3 Å². The number of carbonyl (C=O) groups excluding carboxylic acids is 10. The number of likely N-dealkylation sites (tertiary alicyclic amines) is 5. The Morgan fingerprint density at radius 2 is 0.715 bits per heavy atom. The number of nitrogens with two attached hydrogens (primary N) is 5. The van der Waals surface area contributed by atoms with E-state index in [1.165, 1.54) is 41.4 Å². The summed E-state index contributed by atoms with van der Waals surface area (Å²) in [5, 5.41) is 73.9. The molecular formula is C98H98N24O15.